The highest BCUT2D eigenvalue weighted by atomic mass is 16.3. The third kappa shape index (κ3) is 6.33. The highest BCUT2D eigenvalue weighted by Crippen LogP contribution is 2.33. The van der Waals surface area contributed by atoms with E-state index >= 15 is 0 Å². The molecule has 144 valence electrons. The number of primary amides is 1. The van der Waals surface area contributed by atoms with Crippen molar-refractivity contribution in [2.45, 2.75) is 38.7 Å². The van der Waals surface area contributed by atoms with Crippen LogP contribution in [0.15, 0.2) is 66.8 Å². The molecule has 1 aromatic carbocycles. The van der Waals surface area contributed by atoms with E-state index in [1.54, 1.807) is 12.2 Å². The molecule has 4 nitrogen and oxygen atoms in total. The van der Waals surface area contributed by atoms with Crippen molar-refractivity contribution >= 4 is 11.7 Å². The van der Waals surface area contributed by atoms with Crippen LogP contribution in [0.3, 0.4) is 0 Å². The maximum Gasteiger partial charge on any atom is 0.221 e. The molecule has 0 bridgehead atoms. The number of hydrogen-bond donors (Lipinski definition) is 2. The third-order valence-corrected chi connectivity index (χ3v) is 5.03. The summed E-state index contributed by atoms with van der Waals surface area (Å²) in [6, 6.07) is 10.00. The molecule has 0 fully saturated rings. The van der Waals surface area contributed by atoms with Gasteiger partial charge in [0, 0.05) is 17.8 Å². The van der Waals surface area contributed by atoms with Crippen molar-refractivity contribution in [3.8, 4) is 0 Å². The lowest BCUT2D eigenvalue weighted by atomic mass is 9.79. The maximum absolute atomic E-state index is 12.3. The van der Waals surface area contributed by atoms with E-state index in [2.05, 4.69) is 0 Å². The number of aliphatic hydroxyl groups is 1. The summed E-state index contributed by atoms with van der Waals surface area (Å²) in [5.74, 6) is -1.67. The van der Waals surface area contributed by atoms with Crippen LogP contribution in [0.25, 0.3) is 0 Å². The summed E-state index contributed by atoms with van der Waals surface area (Å²) in [5, 5.41) is 10.2. The van der Waals surface area contributed by atoms with Crippen molar-refractivity contribution in [3.63, 3.8) is 0 Å². The molecule has 1 aliphatic rings. The Kier molecular flexibility index (Phi) is 8.21. The van der Waals surface area contributed by atoms with Gasteiger partial charge in [-0.3, -0.25) is 9.59 Å². The van der Waals surface area contributed by atoms with E-state index < -0.39 is 23.8 Å². The van der Waals surface area contributed by atoms with Crippen LogP contribution >= 0.6 is 0 Å². The Labute approximate surface area is 161 Å². The number of ketones is 1. The topological polar surface area (TPSA) is 80.4 Å². The second-order valence-corrected chi connectivity index (χ2v) is 7.00. The Morgan fingerprint density at radius 2 is 2.00 bits per heavy atom. The highest BCUT2D eigenvalue weighted by Gasteiger charge is 2.37. The Bertz CT molecular complexity index is 706. The van der Waals surface area contributed by atoms with Gasteiger partial charge in [-0.25, -0.2) is 0 Å². The molecule has 1 unspecified atom stereocenters. The summed E-state index contributed by atoms with van der Waals surface area (Å²) in [4.78, 5) is 24.2. The number of nitrogens with two attached hydrogens (primary N) is 1. The maximum atomic E-state index is 12.3. The number of carbonyl (C=O) groups is 2. The van der Waals surface area contributed by atoms with Gasteiger partial charge in [-0.1, -0.05) is 60.7 Å². The van der Waals surface area contributed by atoms with Crippen LogP contribution in [0.2, 0.25) is 0 Å². The number of benzene rings is 1. The first-order valence-corrected chi connectivity index (χ1v) is 9.55. The van der Waals surface area contributed by atoms with E-state index in [-0.39, 0.29) is 11.7 Å². The van der Waals surface area contributed by atoms with Crippen LogP contribution < -0.4 is 5.73 Å². The van der Waals surface area contributed by atoms with Gasteiger partial charge in [-0.2, -0.15) is 0 Å². The normalized spacial score (nSPS) is 21.9. The number of hydrogen-bond acceptors (Lipinski definition) is 3. The van der Waals surface area contributed by atoms with Crippen LogP contribution in [0, 0.1) is 17.8 Å². The zero-order chi connectivity index (χ0) is 19.6. The van der Waals surface area contributed by atoms with Gasteiger partial charge in [0.2, 0.25) is 5.91 Å². The molecular weight excluding hydrogens is 338 g/mol. The summed E-state index contributed by atoms with van der Waals surface area (Å²) < 4.78 is 0. The molecule has 0 spiro atoms. The Balaban J connectivity index is 1.97. The lowest BCUT2D eigenvalue weighted by Crippen LogP contribution is -2.35. The second kappa shape index (κ2) is 10.6. The van der Waals surface area contributed by atoms with E-state index in [1.807, 2.05) is 55.5 Å². The second-order valence-electron chi connectivity index (χ2n) is 7.00. The summed E-state index contributed by atoms with van der Waals surface area (Å²) in [6.45, 7) is 1.92. The first-order chi connectivity index (χ1) is 13.0. The fourth-order valence-electron chi connectivity index (χ4n) is 3.53. The summed E-state index contributed by atoms with van der Waals surface area (Å²) in [6.07, 6.45) is 12.9. The van der Waals surface area contributed by atoms with Gasteiger partial charge in [-0.15, -0.1) is 0 Å². The van der Waals surface area contributed by atoms with Crippen LogP contribution in [0.1, 0.15) is 31.7 Å². The van der Waals surface area contributed by atoms with Crippen molar-refractivity contribution in [1.29, 1.82) is 0 Å². The average molecular weight is 367 g/mol. The molecule has 4 heteroatoms. The molecule has 0 aliphatic heterocycles. The number of amides is 1. The van der Waals surface area contributed by atoms with Crippen LogP contribution in [-0.2, 0) is 16.0 Å². The summed E-state index contributed by atoms with van der Waals surface area (Å²) in [7, 11) is 0. The fourth-order valence-corrected chi connectivity index (χ4v) is 3.53. The van der Waals surface area contributed by atoms with Crippen molar-refractivity contribution in [2.24, 2.45) is 23.5 Å². The van der Waals surface area contributed by atoms with Crippen molar-refractivity contribution < 1.29 is 14.7 Å². The molecule has 2 rings (SSSR count). The molecule has 0 saturated heterocycles. The van der Waals surface area contributed by atoms with Gasteiger partial charge in [0.1, 0.15) is 0 Å². The van der Waals surface area contributed by atoms with E-state index in [4.69, 9.17) is 5.73 Å². The Morgan fingerprint density at radius 1 is 1.26 bits per heavy atom. The lowest BCUT2D eigenvalue weighted by molar-refractivity contribution is -0.129. The van der Waals surface area contributed by atoms with Crippen LogP contribution in [-0.4, -0.2) is 22.9 Å². The van der Waals surface area contributed by atoms with Crippen molar-refractivity contribution in [2.75, 3.05) is 0 Å². The average Bonchev–Trinajstić information content (AvgIpc) is 3.03. The predicted octanol–water partition coefficient (Wildman–Crippen LogP) is 3.37. The summed E-state index contributed by atoms with van der Waals surface area (Å²) >= 11 is 0. The summed E-state index contributed by atoms with van der Waals surface area (Å²) in [5.41, 5.74) is 6.75. The van der Waals surface area contributed by atoms with Gasteiger partial charge in [0.05, 0.1) is 6.10 Å². The van der Waals surface area contributed by atoms with Gasteiger partial charge in [0.15, 0.2) is 5.78 Å². The third-order valence-electron chi connectivity index (χ3n) is 5.03. The molecule has 0 heterocycles. The highest BCUT2D eigenvalue weighted by molar-refractivity contribution is 5.98. The standard InChI is InChI=1S/C23H29NO3/c1-2-3-5-10-20(23(24)27)22-18(13-16-21(22)26)12-15-19(25)14-11-17-8-6-4-7-9-17/h2-4,6-9,12-13,15-16,18-20,22,25H,5,10-11,14H2,1H3,(H2,24,27)/b3-2+,15-12+/t18-,19-,20?,22+/m0/s1. The van der Waals surface area contributed by atoms with E-state index in [1.165, 1.54) is 11.6 Å². The molecule has 1 amide bonds. The molecule has 1 aliphatic carbocycles. The number of rotatable bonds is 10. The lowest BCUT2D eigenvalue weighted by Gasteiger charge is -2.23. The smallest absolute Gasteiger partial charge is 0.221 e. The number of carbonyl (C=O) groups excluding carboxylic acids is 2. The predicted molar refractivity (Wildman–Crippen MR) is 108 cm³/mol. The van der Waals surface area contributed by atoms with Gasteiger partial charge in [-0.05, 0) is 44.2 Å². The molecule has 4 atom stereocenters. The van der Waals surface area contributed by atoms with E-state index in [9.17, 15) is 14.7 Å². The molecular formula is C23H29NO3. The molecule has 3 N–H and O–H groups in total. The number of aliphatic hydroxyl groups excluding tert-OH is 1. The van der Waals surface area contributed by atoms with Crippen molar-refractivity contribution in [1.82, 2.24) is 0 Å². The number of allylic oxidation sites excluding steroid dienone is 5. The SMILES string of the molecule is C/C=C/CCC(C(N)=O)[C@@H]1C(=O)C=C[C@@H]1/C=C/[C@@H](O)CCc1ccccc1. The molecule has 1 aromatic rings. The minimum absolute atomic E-state index is 0.0623. The zero-order valence-corrected chi connectivity index (χ0v) is 15.8. The van der Waals surface area contributed by atoms with Crippen LogP contribution in [0.4, 0.5) is 0 Å². The largest absolute Gasteiger partial charge is 0.389 e. The van der Waals surface area contributed by atoms with Crippen LogP contribution in [0.5, 0.6) is 0 Å². The first-order valence-electron chi connectivity index (χ1n) is 9.55. The minimum atomic E-state index is -0.593. The zero-order valence-electron chi connectivity index (χ0n) is 15.8. The monoisotopic (exact) mass is 367 g/mol. The quantitative estimate of drug-likeness (QED) is 0.622. The Morgan fingerprint density at radius 3 is 2.67 bits per heavy atom. The molecule has 0 saturated carbocycles. The molecule has 27 heavy (non-hydrogen) atoms. The molecule has 0 aromatic heterocycles. The first kappa shape index (κ1) is 20.8. The van der Waals surface area contributed by atoms with Gasteiger partial charge in [0.25, 0.3) is 0 Å². The van der Waals surface area contributed by atoms with Crippen molar-refractivity contribution in [3.05, 3.63) is 72.4 Å². The number of aryl methyl sites for hydroxylation is 1. The fraction of sp³-hybridized carbons (Fsp3) is 0.391. The van der Waals surface area contributed by atoms with E-state index in [0.717, 1.165) is 6.42 Å². The van der Waals surface area contributed by atoms with Gasteiger partial charge < -0.3 is 10.8 Å². The minimum Gasteiger partial charge on any atom is -0.389 e. The Hall–Kier alpha value is -2.46. The van der Waals surface area contributed by atoms with Gasteiger partial charge >= 0.3 is 0 Å². The van der Waals surface area contributed by atoms with E-state index in [0.29, 0.717) is 19.3 Å². The molecule has 0 radical (unpaired) electrons.